The predicted molar refractivity (Wildman–Crippen MR) is 228 cm³/mol. The number of benzene rings is 4. The highest BCUT2D eigenvalue weighted by molar-refractivity contribution is 7.00. The lowest BCUT2D eigenvalue weighted by Crippen LogP contribution is -2.69. The van der Waals surface area contributed by atoms with Crippen molar-refractivity contribution < 1.29 is 23.5 Å². The summed E-state index contributed by atoms with van der Waals surface area (Å²) in [5.41, 5.74) is -1.13. The Bertz CT molecular complexity index is 1570. The van der Waals surface area contributed by atoms with Crippen LogP contribution >= 0.6 is 0 Å². The molecule has 4 aromatic carbocycles. The second-order valence-corrected chi connectivity index (χ2v) is 26.9. The molecule has 0 radical (unpaired) electrons. The number of rotatable bonds is 15. The van der Waals surface area contributed by atoms with E-state index >= 15 is 0 Å². The molecule has 0 amide bonds. The van der Waals surface area contributed by atoms with E-state index in [1.807, 2.05) is 24.3 Å². The fourth-order valence-corrected chi connectivity index (χ4v) is 18.4. The molecular formula is C47H64O5Si2. The summed E-state index contributed by atoms with van der Waals surface area (Å²) in [7, 11) is -6.06. The zero-order valence-electron chi connectivity index (χ0n) is 34.3. The van der Waals surface area contributed by atoms with Crippen LogP contribution in [0.4, 0.5) is 0 Å². The lowest BCUT2D eigenvalue weighted by atomic mass is 9.78. The Hall–Kier alpha value is -3.34. The molecule has 2 atom stereocenters. The molecule has 0 bridgehead atoms. The molecule has 1 aliphatic rings. The van der Waals surface area contributed by atoms with Gasteiger partial charge < -0.3 is 18.7 Å². The van der Waals surface area contributed by atoms with Crippen molar-refractivity contribution in [2.24, 2.45) is 23.7 Å². The number of carbonyl (C=O) groups excluding carboxylic acids is 1. The first kappa shape index (κ1) is 41.8. The fourth-order valence-electron chi connectivity index (χ4n) is 9.09. The normalized spacial score (nSPS) is 17.3. The van der Waals surface area contributed by atoms with Crippen LogP contribution < -0.4 is 20.7 Å². The van der Waals surface area contributed by atoms with Crippen LogP contribution in [-0.4, -0.2) is 52.6 Å². The third kappa shape index (κ3) is 8.41. The number of ether oxygens (including phenoxy) is 1. The van der Waals surface area contributed by atoms with Crippen molar-refractivity contribution in [2.75, 3.05) is 13.2 Å². The van der Waals surface area contributed by atoms with Crippen LogP contribution in [0.15, 0.2) is 121 Å². The first-order valence-electron chi connectivity index (χ1n) is 19.9. The molecule has 1 heterocycles. The van der Waals surface area contributed by atoms with Gasteiger partial charge in [-0.25, -0.2) is 0 Å². The van der Waals surface area contributed by atoms with Gasteiger partial charge >= 0.3 is 5.97 Å². The van der Waals surface area contributed by atoms with Crippen LogP contribution in [0.25, 0.3) is 0 Å². The van der Waals surface area contributed by atoms with Gasteiger partial charge in [0, 0.05) is 6.42 Å². The molecule has 7 heteroatoms. The van der Waals surface area contributed by atoms with E-state index in [9.17, 15) is 9.90 Å². The molecule has 0 aromatic heterocycles. The summed E-state index contributed by atoms with van der Waals surface area (Å²) in [6, 6.07) is 42.3. The smallest absolute Gasteiger partial charge is 0.312 e. The zero-order chi connectivity index (χ0) is 39.4. The van der Waals surface area contributed by atoms with Gasteiger partial charge in [-0.2, -0.15) is 0 Å². The van der Waals surface area contributed by atoms with Crippen LogP contribution in [-0.2, 0) is 18.4 Å². The molecule has 290 valence electrons. The van der Waals surface area contributed by atoms with E-state index in [0.29, 0.717) is 24.7 Å². The minimum absolute atomic E-state index is 0.144. The third-order valence-electron chi connectivity index (χ3n) is 11.8. The van der Waals surface area contributed by atoms with E-state index in [0.717, 1.165) is 20.7 Å². The van der Waals surface area contributed by atoms with Crippen LogP contribution in [0.3, 0.4) is 0 Å². The second kappa shape index (κ2) is 16.8. The van der Waals surface area contributed by atoms with E-state index in [1.54, 1.807) is 0 Å². The summed E-state index contributed by atoms with van der Waals surface area (Å²) >= 11 is 0. The molecule has 54 heavy (non-hydrogen) atoms. The number of hydrogen-bond donors (Lipinski definition) is 1. The van der Waals surface area contributed by atoms with Gasteiger partial charge in [-0.3, -0.25) is 4.79 Å². The standard InChI is InChI=1S/C47H64O5Si2/c1-35(2)41(36(3)4)31-43(48)42-32-47(52-44(42)49,33-50-53(45(5,6)7,37-23-15-11-16-24-37)38-25-17-12-18-26-38)34-51-54(46(8,9)10,39-27-19-13-20-28-39)40-29-21-14-22-30-40/h11-30,35-36,41-43,48H,31-34H2,1-10H3. The van der Waals surface area contributed by atoms with Gasteiger partial charge in [0.25, 0.3) is 16.6 Å². The molecule has 0 spiro atoms. The summed E-state index contributed by atoms with van der Waals surface area (Å²) < 4.78 is 21.8. The molecule has 0 saturated carbocycles. The van der Waals surface area contributed by atoms with E-state index in [4.69, 9.17) is 13.6 Å². The summed E-state index contributed by atoms with van der Waals surface area (Å²) in [5.74, 6) is -0.0385. The molecule has 1 saturated heterocycles. The quantitative estimate of drug-likeness (QED) is 0.0980. The van der Waals surface area contributed by atoms with E-state index in [2.05, 4.69) is 166 Å². The Kier molecular flexibility index (Phi) is 13.0. The monoisotopic (exact) mass is 764 g/mol. The number of aliphatic hydroxyl groups is 1. The van der Waals surface area contributed by atoms with Crippen LogP contribution in [0, 0.1) is 23.7 Å². The van der Waals surface area contributed by atoms with Crippen molar-refractivity contribution in [1.29, 1.82) is 0 Å². The van der Waals surface area contributed by atoms with Gasteiger partial charge in [-0.1, -0.05) is 191 Å². The van der Waals surface area contributed by atoms with E-state index < -0.39 is 34.3 Å². The number of hydrogen-bond acceptors (Lipinski definition) is 5. The molecule has 0 aliphatic carbocycles. The molecule has 2 unspecified atom stereocenters. The molecule has 5 rings (SSSR count). The predicted octanol–water partition coefficient (Wildman–Crippen LogP) is 8.12. The topological polar surface area (TPSA) is 65.0 Å². The summed E-state index contributed by atoms with van der Waals surface area (Å²) in [6.45, 7) is 22.6. The zero-order valence-corrected chi connectivity index (χ0v) is 36.3. The van der Waals surface area contributed by atoms with Crippen molar-refractivity contribution in [2.45, 2.75) is 104 Å². The van der Waals surface area contributed by atoms with Crippen molar-refractivity contribution in [3.8, 4) is 0 Å². The maximum Gasteiger partial charge on any atom is 0.312 e. The van der Waals surface area contributed by atoms with Gasteiger partial charge in [-0.15, -0.1) is 0 Å². The van der Waals surface area contributed by atoms with E-state index in [-0.39, 0.29) is 35.2 Å². The lowest BCUT2D eigenvalue weighted by molar-refractivity contribution is -0.157. The molecule has 1 aliphatic heterocycles. The van der Waals surface area contributed by atoms with Gasteiger partial charge in [0.15, 0.2) is 5.60 Å². The van der Waals surface area contributed by atoms with Gasteiger partial charge in [-0.05, 0) is 55.0 Å². The Morgan fingerprint density at radius 1 is 0.630 bits per heavy atom. The van der Waals surface area contributed by atoms with Crippen molar-refractivity contribution >= 4 is 43.4 Å². The minimum atomic E-state index is -3.03. The summed E-state index contributed by atoms with van der Waals surface area (Å²) in [5, 5.41) is 16.0. The Morgan fingerprint density at radius 3 is 1.22 bits per heavy atom. The van der Waals surface area contributed by atoms with E-state index in [1.165, 1.54) is 0 Å². The highest BCUT2D eigenvalue weighted by Gasteiger charge is 2.58. The number of cyclic esters (lactones) is 1. The van der Waals surface area contributed by atoms with Crippen LogP contribution in [0.1, 0.15) is 82.1 Å². The molecule has 5 nitrogen and oxygen atoms in total. The maximum absolute atomic E-state index is 14.2. The van der Waals surface area contributed by atoms with Gasteiger partial charge in [0.2, 0.25) is 0 Å². The number of aliphatic hydroxyl groups excluding tert-OH is 1. The highest BCUT2D eigenvalue weighted by Crippen LogP contribution is 2.43. The first-order chi connectivity index (χ1) is 25.5. The van der Waals surface area contributed by atoms with Gasteiger partial charge in [0.1, 0.15) is 0 Å². The first-order valence-corrected chi connectivity index (χ1v) is 23.7. The summed E-state index contributed by atoms with van der Waals surface area (Å²) in [6.07, 6.45) is 0.0118. The van der Waals surface area contributed by atoms with Crippen molar-refractivity contribution in [3.63, 3.8) is 0 Å². The second-order valence-electron chi connectivity index (χ2n) is 18.3. The summed E-state index contributed by atoms with van der Waals surface area (Å²) in [4.78, 5) is 14.2. The SMILES string of the molecule is CC(C)C(CC(O)C1CC(CO[Si](c2ccccc2)(c2ccccc2)C(C)(C)C)(CO[Si](c2ccccc2)(c2ccccc2)C(C)(C)C)OC1=O)C(C)C. The van der Waals surface area contributed by atoms with Crippen LogP contribution in [0.2, 0.25) is 10.1 Å². The highest BCUT2D eigenvalue weighted by atomic mass is 28.4. The van der Waals surface area contributed by atoms with Gasteiger partial charge in [0.05, 0.1) is 25.2 Å². The largest absolute Gasteiger partial charge is 0.454 e. The van der Waals surface area contributed by atoms with Crippen molar-refractivity contribution in [3.05, 3.63) is 121 Å². The average Bonchev–Trinajstić information content (AvgIpc) is 3.47. The molecule has 1 fully saturated rings. The molecular weight excluding hydrogens is 701 g/mol. The molecule has 1 N–H and O–H groups in total. The Labute approximate surface area is 327 Å². The fraction of sp³-hybridized carbons (Fsp3) is 0.468. The maximum atomic E-state index is 14.2. The number of esters is 1. The molecule has 4 aromatic rings. The lowest BCUT2D eigenvalue weighted by Gasteiger charge is -2.47. The van der Waals surface area contributed by atoms with Crippen molar-refractivity contribution in [1.82, 2.24) is 0 Å². The Morgan fingerprint density at radius 2 is 0.944 bits per heavy atom. The number of carbonyl (C=O) groups is 1. The Balaban J connectivity index is 1.64. The average molecular weight is 765 g/mol. The van der Waals surface area contributed by atoms with Crippen LogP contribution in [0.5, 0.6) is 0 Å². The third-order valence-corrected chi connectivity index (χ3v) is 21.8. The minimum Gasteiger partial charge on any atom is -0.454 e.